The van der Waals surface area contributed by atoms with E-state index in [-0.39, 0.29) is 12.5 Å². The summed E-state index contributed by atoms with van der Waals surface area (Å²) in [5.41, 5.74) is 0. The summed E-state index contributed by atoms with van der Waals surface area (Å²) in [5, 5.41) is 3.42. The second-order valence-electron chi connectivity index (χ2n) is 5.17. The molecule has 1 aliphatic heterocycles. The van der Waals surface area contributed by atoms with Crippen LogP contribution in [0.15, 0.2) is 0 Å². The molecule has 1 unspecified atom stereocenters. The quantitative estimate of drug-likeness (QED) is 0.793. The number of hydrogen-bond acceptors (Lipinski definition) is 3. The van der Waals surface area contributed by atoms with Crippen LogP contribution in [0.1, 0.15) is 25.7 Å². The second kappa shape index (κ2) is 6.21. The molecule has 2 rings (SSSR count). The second-order valence-corrected chi connectivity index (χ2v) is 5.17. The van der Waals surface area contributed by atoms with Crippen LogP contribution < -0.4 is 5.32 Å². The molecule has 1 saturated carbocycles. The summed E-state index contributed by atoms with van der Waals surface area (Å²) in [6.45, 7) is 3.35. The highest BCUT2D eigenvalue weighted by Gasteiger charge is 2.29. The van der Waals surface area contributed by atoms with Crippen molar-refractivity contribution in [3.05, 3.63) is 0 Å². The molecule has 2 fully saturated rings. The standard InChI is InChI=1S/C12H21F3N2O/c13-12(14,15)4-1-5-17-6-7-18-9-11(17)8-16-10-2-3-10/h10-11,16H,1-9H2. The summed E-state index contributed by atoms with van der Waals surface area (Å²) >= 11 is 0. The minimum Gasteiger partial charge on any atom is -0.378 e. The zero-order chi connectivity index (χ0) is 13.0. The Hall–Kier alpha value is -0.330. The average Bonchev–Trinajstić information content (AvgIpc) is 3.10. The highest BCUT2D eigenvalue weighted by atomic mass is 19.4. The molecule has 1 saturated heterocycles. The van der Waals surface area contributed by atoms with Crippen molar-refractivity contribution in [2.24, 2.45) is 0 Å². The molecule has 0 aromatic rings. The van der Waals surface area contributed by atoms with Crippen LogP contribution in [0.4, 0.5) is 13.2 Å². The molecule has 1 heterocycles. The van der Waals surface area contributed by atoms with Gasteiger partial charge in [0.15, 0.2) is 0 Å². The van der Waals surface area contributed by atoms with Gasteiger partial charge in [0.1, 0.15) is 0 Å². The van der Waals surface area contributed by atoms with E-state index in [1.54, 1.807) is 0 Å². The van der Waals surface area contributed by atoms with Gasteiger partial charge in [-0.05, 0) is 25.8 Å². The molecule has 3 nitrogen and oxygen atoms in total. The molecule has 18 heavy (non-hydrogen) atoms. The van der Waals surface area contributed by atoms with E-state index < -0.39 is 12.6 Å². The predicted molar refractivity (Wildman–Crippen MR) is 62.5 cm³/mol. The Morgan fingerprint density at radius 2 is 2.06 bits per heavy atom. The van der Waals surface area contributed by atoms with Gasteiger partial charge in [0.2, 0.25) is 0 Å². The number of halogens is 3. The van der Waals surface area contributed by atoms with E-state index in [1.165, 1.54) is 12.8 Å². The van der Waals surface area contributed by atoms with E-state index in [0.29, 0.717) is 25.8 Å². The number of nitrogens with zero attached hydrogens (tertiary/aromatic N) is 1. The SMILES string of the molecule is FC(F)(F)CCCN1CCOCC1CNC1CC1. The number of nitrogens with one attached hydrogen (secondary N) is 1. The van der Waals surface area contributed by atoms with Crippen LogP contribution >= 0.6 is 0 Å². The zero-order valence-electron chi connectivity index (χ0n) is 10.5. The summed E-state index contributed by atoms with van der Waals surface area (Å²) in [7, 11) is 0. The third-order valence-electron chi connectivity index (χ3n) is 3.47. The number of rotatable bonds is 6. The first-order chi connectivity index (χ1) is 8.54. The van der Waals surface area contributed by atoms with Crippen molar-refractivity contribution in [1.29, 1.82) is 0 Å². The Balaban J connectivity index is 1.68. The Morgan fingerprint density at radius 3 is 2.72 bits per heavy atom. The minimum atomic E-state index is -4.03. The Morgan fingerprint density at radius 1 is 1.28 bits per heavy atom. The van der Waals surface area contributed by atoms with Crippen molar-refractivity contribution < 1.29 is 17.9 Å². The van der Waals surface area contributed by atoms with Crippen LogP contribution in [0.2, 0.25) is 0 Å². The normalized spacial score (nSPS) is 26.5. The van der Waals surface area contributed by atoms with Gasteiger partial charge in [-0.1, -0.05) is 0 Å². The largest absolute Gasteiger partial charge is 0.389 e. The van der Waals surface area contributed by atoms with E-state index in [2.05, 4.69) is 10.2 Å². The maximum atomic E-state index is 12.1. The highest BCUT2D eigenvalue weighted by molar-refractivity contribution is 4.85. The molecular weight excluding hydrogens is 245 g/mol. The van der Waals surface area contributed by atoms with Gasteiger partial charge in [0.25, 0.3) is 0 Å². The lowest BCUT2D eigenvalue weighted by Gasteiger charge is -2.35. The third-order valence-corrected chi connectivity index (χ3v) is 3.47. The molecule has 1 N–H and O–H groups in total. The molecule has 0 aromatic carbocycles. The van der Waals surface area contributed by atoms with Crippen molar-refractivity contribution in [2.45, 2.75) is 43.9 Å². The van der Waals surface area contributed by atoms with Crippen LogP contribution in [-0.4, -0.2) is 56.0 Å². The van der Waals surface area contributed by atoms with Crippen molar-refractivity contribution in [3.63, 3.8) is 0 Å². The first-order valence-electron chi connectivity index (χ1n) is 6.66. The summed E-state index contributed by atoms with van der Waals surface area (Å²) in [6.07, 6.45) is -2.09. The Labute approximate surface area is 106 Å². The topological polar surface area (TPSA) is 24.5 Å². The maximum absolute atomic E-state index is 12.1. The molecule has 0 bridgehead atoms. The molecule has 106 valence electrons. The number of alkyl halides is 3. The van der Waals surface area contributed by atoms with E-state index in [4.69, 9.17) is 4.74 Å². The lowest BCUT2D eigenvalue weighted by molar-refractivity contribution is -0.137. The summed E-state index contributed by atoms with van der Waals surface area (Å²) in [6, 6.07) is 0.858. The first kappa shape index (κ1) is 14.1. The van der Waals surface area contributed by atoms with Crippen LogP contribution in [-0.2, 0) is 4.74 Å². The molecule has 0 aromatic heterocycles. The molecule has 6 heteroatoms. The number of ether oxygens (including phenoxy) is 1. The van der Waals surface area contributed by atoms with Gasteiger partial charge in [0.05, 0.1) is 13.2 Å². The average molecular weight is 266 g/mol. The van der Waals surface area contributed by atoms with Crippen molar-refractivity contribution in [2.75, 3.05) is 32.8 Å². The van der Waals surface area contributed by atoms with E-state index in [1.807, 2.05) is 0 Å². The zero-order valence-corrected chi connectivity index (χ0v) is 10.5. The maximum Gasteiger partial charge on any atom is 0.389 e. The Bertz CT molecular complexity index is 256. The molecule has 0 amide bonds. The number of hydrogen-bond donors (Lipinski definition) is 1. The molecule has 1 aliphatic carbocycles. The molecular formula is C12H21F3N2O. The van der Waals surface area contributed by atoms with E-state index in [0.717, 1.165) is 13.1 Å². The van der Waals surface area contributed by atoms with Gasteiger partial charge in [-0.25, -0.2) is 0 Å². The predicted octanol–water partition coefficient (Wildman–Crippen LogP) is 1.78. The van der Waals surface area contributed by atoms with Gasteiger partial charge in [0, 0.05) is 31.6 Å². The van der Waals surface area contributed by atoms with E-state index in [9.17, 15) is 13.2 Å². The summed E-state index contributed by atoms with van der Waals surface area (Å²) in [4.78, 5) is 2.13. The summed E-state index contributed by atoms with van der Waals surface area (Å²) < 4.78 is 41.7. The van der Waals surface area contributed by atoms with Crippen molar-refractivity contribution in [3.8, 4) is 0 Å². The first-order valence-corrected chi connectivity index (χ1v) is 6.66. The smallest absolute Gasteiger partial charge is 0.378 e. The van der Waals surface area contributed by atoms with Crippen LogP contribution in [0.25, 0.3) is 0 Å². The third kappa shape index (κ3) is 5.12. The van der Waals surface area contributed by atoms with Gasteiger partial charge in [-0.2, -0.15) is 13.2 Å². The fourth-order valence-electron chi connectivity index (χ4n) is 2.24. The van der Waals surface area contributed by atoms with Gasteiger partial charge in [-0.15, -0.1) is 0 Å². The monoisotopic (exact) mass is 266 g/mol. The van der Waals surface area contributed by atoms with Gasteiger partial charge >= 0.3 is 6.18 Å². The van der Waals surface area contributed by atoms with Crippen LogP contribution in [0, 0.1) is 0 Å². The van der Waals surface area contributed by atoms with Crippen LogP contribution in [0.5, 0.6) is 0 Å². The van der Waals surface area contributed by atoms with Crippen molar-refractivity contribution >= 4 is 0 Å². The van der Waals surface area contributed by atoms with Gasteiger partial charge < -0.3 is 10.1 Å². The fourth-order valence-corrected chi connectivity index (χ4v) is 2.24. The fraction of sp³-hybridized carbons (Fsp3) is 1.00. The molecule has 1 atom stereocenters. The number of morpholine rings is 1. The van der Waals surface area contributed by atoms with Crippen LogP contribution in [0.3, 0.4) is 0 Å². The summed E-state index contributed by atoms with van der Waals surface area (Å²) in [5.74, 6) is 0. The molecule has 2 aliphatic rings. The highest BCUT2D eigenvalue weighted by Crippen LogP contribution is 2.22. The van der Waals surface area contributed by atoms with Gasteiger partial charge in [-0.3, -0.25) is 4.90 Å². The Kier molecular flexibility index (Phi) is 4.86. The molecule has 0 spiro atoms. The lowest BCUT2D eigenvalue weighted by atomic mass is 10.2. The van der Waals surface area contributed by atoms with Crippen molar-refractivity contribution in [1.82, 2.24) is 10.2 Å². The molecule has 0 radical (unpaired) electrons. The lowest BCUT2D eigenvalue weighted by Crippen LogP contribution is -2.51. The van der Waals surface area contributed by atoms with E-state index >= 15 is 0 Å². The minimum absolute atomic E-state index is 0.184.